The lowest BCUT2D eigenvalue weighted by atomic mass is 10.0. The third kappa shape index (κ3) is 4.86. The van der Waals surface area contributed by atoms with E-state index in [0.29, 0.717) is 24.1 Å². The van der Waals surface area contributed by atoms with Gasteiger partial charge in [0.15, 0.2) is 11.9 Å². The Morgan fingerprint density at radius 1 is 0.903 bits per heavy atom. The summed E-state index contributed by atoms with van der Waals surface area (Å²) < 4.78 is 14.5. The van der Waals surface area contributed by atoms with Gasteiger partial charge in [0.05, 0.1) is 17.6 Å². The van der Waals surface area contributed by atoms with Crippen molar-refractivity contribution in [2.45, 2.75) is 39.3 Å². The van der Waals surface area contributed by atoms with Gasteiger partial charge >= 0.3 is 0 Å². The molecule has 1 atom stereocenters. The molecule has 0 amide bonds. The number of halogens is 1. The van der Waals surface area contributed by atoms with Crippen molar-refractivity contribution in [1.29, 1.82) is 0 Å². The van der Waals surface area contributed by atoms with Gasteiger partial charge < -0.3 is 14.0 Å². The van der Waals surface area contributed by atoms with E-state index in [-0.39, 0.29) is 6.10 Å². The molecule has 0 aliphatic rings. The first-order valence-electron chi connectivity index (χ1n) is 10.6. The zero-order valence-corrected chi connectivity index (χ0v) is 18.8. The maximum absolute atomic E-state index is 6.18. The van der Waals surface area contributed by atoms with E-state index < -0.39 is 0 Å². The van der Waals surface area contributed by atoms with E-state index in [1.165, 1.54) is 5.56 Å². The summed E-state index contributed by atoms with van der Waals surface area (Å²) in [5.74, 6) is 2.98. The van der Waals surface area contributed by atoms with Gasteiger partial charge in [-0.15, -0.1) is 0 Å². The van der Waals surface area contributed by atoms with Crippen LogP contribution in [0.1, 0.15) is 44.2 Å². The fraction of sp³-hybridized carbons (Fsp3) is 0.269. The average molecular weight is 435 g/mol. The highest BCUT2D eigenvalue weighted by Crippen LogP contribution is 2.28. The summed E-state index contributed by atoms with van der Waals surface area (Å²) >= 11 is 6.00. The normalized spacial score (nSPS) is 12.3. The average Bonchev–Trinajstić information content (AvgIpc) is 3.14. The molecule has 0 saturated heterocycles. The van der Waals surface area contributed by atoms with Crippen molar-refractivity contribution in [2.75, 3.05) is 6.61 Å². The van der Waals surface area contributed by atoms with Gasteiger partial charge in [-0.3, -0.25) is 0 Å². The zero-order chi connectivity index (χ0) is 21.8. The Kier molecular flexibility index (Phi) is 6.47. The Bertz CT molecular complexity index is 1150. The van der Waals surface area contributed by atoms with Crippen molar-refractivity contribution in [3.05, 3.63) is 89.2 Å². The molecule has 3 aromatic carbocycles. The van der Waals surface area contributed by atoms with Crippen molar-refractivity contribution in [3.63, 3.8) is 0 Å². The van der Waals surface area contributed by atoms with Crippen molar-refractivity contribution in [1.82, 2.24) is 9.55 Å². The summed E-state index contributed by atoms with van der Waals surface area (Å²) in [7, 11) is 0. The monoisotopic (exact) mass is 434 g/mol. The van der Waals surface area contributed by atoms with Gasteiger partial charge in [0.25, 0.3) is 0 Å². The third-order valence-corrected chi connectivity index (χ3v) is 5.54. The van der Waals surface area contributed by atoms with Gasteiger partial charge in [0.2, 0.25) is 0 Å². The molecule has 4 rings (SSSR count). The highest BCUT2D eigenvalue weighted by Gasteiger charge is 2.18. The summed E-state index contributed by atoms with van der Waals surface area (Å²) in [6, 6.07) is 23.8. The molecule has 0 aliphatic heterocycles. The van der Waals surface area contributed by atoms with Crippen LogP contribution in [0.4, 0.5) is 0 Å². The van der Waals surface area contributed by atoms with Gasteiger partial charge in [0, 0.05) is 5.02 Å². The van der Waals surface area contributed by atoms with E-state index >= 15 is 0 Å². The number of nitrogens with zero attached hydrogens (tertiary/aromatic N) is 2. The standard InChI is InChI=1S/C26H27ClN2O2/c1-18(2)22-8-4-7-11-25(22)30-17-16-29-24-10-6-5-9-23(24)28-26(29)19(3)31-21-14-12-20(27)13-15-21/h4-15,18-19H,16-17H2,1-3H3. The molecule has 0 N–H and O–H groups in total. The van der Waals surface area contributed by atoms with Gasteiger partial charge in [-0.05, 0) is 60.9 Å². The fourth-order valence-electron chi connectivity index (χ4n) is 3.75. The molecule has 5 heteroatoms. The fourth-order valence-corrected chi connectivity index (χ4v) is 3.87. The molecule has 4 aromatic rings. The first kappa shape index (κ1) is 21.3. The largest absolute Gasteiger partial charge is 0.491 e. The highest BCUT2D eigenvalue weighted by atomic mass is 35.5. The van der Waals surface area contributed by atoms with Crippen LogP contribution in [-0.2, 0) is 6.54 Å². The maximum atomic E-state index is 6.18. The van der Waals surface area contributed by atoms with Crippen LogP contribution in [-0.4, -0.2) is 16.2 Å². The first-order valence-corrected chi connectivity index (χ1v) is 11.0. The summed E-state index contributed by atoms with van der Waals surface area (Å²) in [6.45, 7) is 7.60. The lowest BCUT2D eigenvalue weighted by Crippen LogP contribution is -2.16. The van der Waals surface area contributed by atoms with Crippen LogP contribution in [0.15, 0.2) is 72.8 Å². The zero-order valence-electron chi connectivity index (χ0n) is 18.1. The van der Waals surface area contributed by atoms with Crippen molar-refractivity contribution < 1.29 is 9.47 Å². The number of benzene rings is 3. The molecule has 4 nitrogen and oxygen atoms in total. The van der Waals surface area contributed by atoms with E-state index in [9.17, 15) is 0 Å². The number of imidazole rings is 1. The van der Waals surface area contributed by atoms with Crippen molar-refractivity contribution in [3.8, 4) is 11.5 Å². The molecule has 0 bridgehead atoms. The molecule has 0 aliphatic carbocycles. The summed E-state index contributed by atoms with van der Waals surface area (Å²) in [5, 5.41) is 0.686. The third-order valence-electron chi connectivity index (χ3n) is 5.29. The summed E-state index contributed by atoms with van der Waals surface area (Å²) in [6.07, 6.45) is -0.225. The smallest absolute Gasteiger partial charge is 0.153 e. The molecule has 31 heavy (non-hydrogen) atoms. The number of rotatable bonds is 8. The molecule has 0 spiro atoms. The lowest BCUT2D eigenvalue weighted by molar-refractivity contribution is 0.207. The second-order valence-electron chi connectivity index (χ2n) is 7.87. The molecular weight excluding hydrogens is 408 g/mol. The molecule has 1 unspecified atom stereocenters. The molecule has 0 saturated carbocycles. The van der Waals surface area contributed by atoms with Gasteiger partial charge in [-0.1, -0.05) is 55.8 Å². The van der Waals surface area contributed by atoms with Gasteiger partial charge in [-0.2, -0.15) is 0 Å². The van der Waals surface area contributed by atoms with Crippen LogP contribution in [0.3, 0.4) is 0 Å². The first-order chi connectivity index (χ1) is 15.0. The number of aromatic nitrogens is 2. The second-order valence-corrected chi connectivity index (χ2v) is 8.30. The molecule has 0 fully saturated rings. The highest BCUT2D eigenvalue weighted by molar-refractivity contribution is 6.30. The second kappa shape index (κ2) is 9.44. The topological polar surface area (TPSA) is 36.3 Å². The molecule has 1 heterocycles. The summed E-state index contributed by atoms with van der Waals surface area (Å²) in [5.41, 5.74) is 3.24. The molecule has 160 valence electrons. The van der Waals surface area contributed by atoms with Gasteiger partial charge in [-0.25, -0.2) is 4.98 Å². The molecule has 1 aromatic heterocycles. The Morgan fingerprint density at radius 3 is 2.39 bits per heavy atom. The van der Waals surface area contributed by atoms with Crippen LogP contribution >= 0.6 is 11.6 Å². The SMILES string of the molecule is CC(C)c1ccccc1OCCn1c(C(C)Oc2ccc(Cl)cc2)nc2ccccc21. The Morgan fingerprint density at radius 2 is 1.61 bits per heavy atom. The Balaban J connectivity index is 1.56. The number of fused-ring (bicyclic) bond motifs is 1. The van der Waals surface area contributed by atoms with Crippen LogP contribution in [0.25, 0.3) is 11.0 Å². The Labute approximate surface area is 188 Å². The number of para-hydroxylation sites is 3. The van der Waals surface area contributed by atoms with E-state index in [2.05, 4.69) is 36.6 Å². The number of hydrogen-bond acceptors (Lipinski definition) is 3. The van der Waals surface area contributed by atoms with Crippen LogP contribution in [0.2, 0.25) is 5.02 Å². The van der Waals surface area contributed by atoms with E-state index in [1.807, 2.05) is 61.5 Å². The minimum Gasteiger partial charge on any atom is -0.491 e. The number of hydrogen-bond donors (Lipinski definition) is 0. The van der Waals surface area contributed by atoms with Crippen molar-refractivity contribution >= 4 is 22.6 Å². The number of ether oxygens (including phenoxy) is 2. The van der Waals surface area contributed by atoms with E-state index in [1.54, 1.807) is 0 Å². The lowest BCUT2D eigenvalue weighted by Gasteiger charge is -2.18. The predicted molar refractivity (Wildman–Crippen MR) is 126 cm³/mol. The minimum absolute atomic E-state index is 0.225. The van der Waals surface area contributed by atoms with E-state index in [4.69, 9.17) is 26.1 Å². The molecule has 0 radical (unpaired) electrons. The van der Waals surface area contributed by atoms with E-state index in [0.717, 1.165) is 28.4 Å². The Hall–Kier alpha value is -2.98. The predicted octanol–water partition coefficient (Wildman–Crippen LogP) is 7.03. The summed E-state index contributed by atoms with van der Waals surface area (Å²) in [4.78, 5) is 4.85. The van der Waals surface area contributed by atoms with Crippen LogP contribution < -0.4 is 9.47 Å². The molecular formula is C26H27ClN2O2. The van der Waals surface area contributed by atoms with Crippen molar-refractivity contribution in [2.24, 2.45) is 0 Å². The minimum atomic E-state index is -0.225. The van der Waals surface area contributed by atoms with Gasteiger partial charge in [0.1, 0.15) is 18.1 Å². The maximum Gasteiger partial charge on any atom is 0.153 e. The van der Waals surface area contributed by atoms with Crippen LogP contribution in [0.5, 0.6) is 11.5 Å². The van der Waals surface area contributed by atoms with Crippen LogP contribution in [0, 0.1) is 0 Å². The quantitative estimate of drug-likeness (QED) is 0.298.